The third-order valence-corrected chi connectivity index (χ3v) is 3.09. The largest absolute Gasteiger partial charge is 0.469 e. The van der Waals surface area contributed by atoms with Gasteiger partial charge in [0.05, 0.1) is 23.6 Å². The van der Waals surface area contributed by atoms with Gasteiger partial charge in [0.1, 0.15) is 0 Å². The van der Waals surface area contributed by atoms with E-state index in [2.05, 4.69) is 4.74 Å². The fourth-order valence-electron chi connectivity index (χ4n) is 1.38. The van der Waals surface area contributed by atoms with Crippen molar-refractivity contribution in [2.45, 2.75) is 13.0 Å². The molecule has 0 aromatic heterocycles. The van der Waals surface area contributed by atoms with Gasteiger partial charge in [-0.05, 0) is 17.7 Å². The smallest absolute Gasteiger partial charge is 0.307 e. The van der Waals surface area contributed by atoms with Gasteiger partial charge in [0.25, 0.3) is 0 Å². The van der Waals surface area contributed by atoms with Crippen molar-refractivity contribution in [1.29, 1.82) is 0 Å². The average Bonchev–Trinajstić information content (AvgIpc) is 2.38. The van der Waals surface area contributed by atoms with E-state index in [1.54, 1.807) is 18.2 Å². The van der Waals surface area contributed by atoms with Crippen LogP contribution < -0.4 is 0 Å². The van der Waals surface area contributed by atoms with Crippen LogP contribution in [-0.2, 0) is 20.9 Å². The Hall–Kier alpha value is -1.26. The topological polar surface area (TPSA) is 46.6 Å². The van der Waals surface area contributed by atoms with E-state index in [0.29, 0.717) is 29.5 Å². The van der Waals surface area contributed by atoms with Crippen molar-refractivity contribution >= 4 is 35.6 Å². The van der Waals surface area contributed by atoms with E-state index in [4.69, 9.17) is 23.2 Å². The van der Waals surface area contributed by atoms with E-state index in [1.165, 1.54) is 12.0 Å². The summed E-state index contributed by atoms with van der Waals surface area (Å²) in [5, 5.41) is 0.903. The predicted molar refractivity (Wildman–Crippen MR) is 69.6 cm³/mol. The molecule has 0 aliphatic rings. The number of ether oxygens (including phenoxy) is 1. The van der Waals surface area contributed by atoms with E-state index in [0.717, 1.165) is 5.56 Å². The molecule has 1 rings (SSSR count). The first-order valence-electron chi connectivity index (χ1n) is 5.27. The minimum Gasteiger partial charge on any atom is -0.469 e. The maximum atomic E-state index is 11.0. The zero-order chi connectivity index (χ0) is 13.5. The van der Waals surface area contributed by atoms with E-state index < -0.39 is 0 Å². The van der Waals surface area contributed by atoms with Crippen molar-refractivity contribution in [1.82, 2.24) is 4.90 Å². The van der Waals surface area contributed by atoms with Crippen LogP contribution in [0.25, 0.3) is 0 Å². The number of carbonyl (C=O) groups is 2. The van der Waals surface area contributed by atoms with Gasteiger partial charge in [0.2, 0.25) is 6.41 Å². The molecule has 1 aromatic rings. The molecule has 0 N–H and O–H groups in total. The Balaban J connectivity index is 2.59. The van der Waals surface area contributed by atoms with Crippen molar-refractivity contribution in [2.75, 3.05) is 13.7 Å². The minimum absolute atomic E-state index is 0.163. The number of carbonyl (C=O) groups excluding carboxylic acids is 2. The van der Waals surface area contributed by atoms with Crippen molar-refractivity contribution in [3.8, 4) is 0 Å². The lowest BCUT2D eigenvalue weighted by atomic mass is 10.2. The van der Waals surface area contributed by atoms with Crippen molar-refractivity contribution < 1.29 is 14.3 Å². The summed E-state index contributed by atoms with van der Waals surface area (Å²) < 4.78 is 4.51. The number of benzene rings is 1. The highest BCUT2D eigenvalue weighted by atomic mass is 35.5. The van der Waals surface area contributed by atoms with Crippen molar-refractivity contribution in [2.24, 2.45) is 0 Å². The fraction of sp³-hybridized carbons (Fsp3) is 0.333. The van der Waals surface area contributed by atoms with E-state index in [-0.39, 0.29) is 12.4 Å². The summed E-state index contributed by atoms with van der Waals surface area (Å²) in [4.78, 5) is 23.3. The first kappa shape index (κ1) is 14.8. The summed E-state index contributed by atoms with van der Waals surface area (Å²) in [6.45, 7) is 0.674. The number of methoxy groups -OCH3 is 1. The molecule has 6 heteroatoms. The Labute approximate surface area is 115 Å². The quantitative estimate of drug-likeness (QED) is 0.597. The Morgan fingerprint density at radius 2 is 2.11 bits per heavy atom. The molecule has 98 valence electrons. The molecular formula is C12H13Cl2NO3. The van der Waals surface area contributed by atoms with Crippen LogP contribution in [0.5, 0.6) is 0 Å². The molecule has 0 heterocycles. The summed E-state index contributed by atoms with van der Waals surface area (Å²) >= 11 is 11.7. The molecule has 0 aliphatic heterocycles. The molecule has 0 atom stereocenters. The molecule has 1 aromatic carbocycles. The number of nitrogens with zero attached hydrogens (tertiary/aromatic N) is 1. The summed E-state index contributed by atoms with van der Waals surface area (Å²) in [5.41, 5.74) is 0.848. The second kappa shape index (κ2) is 7.24. The number of amides is 1. The normalized spacial score (nSPS) is 9.94. The van der Waals surface area contributed by atoms with Gasteiger partial charge in [-0.1, -0.05) is 29.3 Å². The lowest BCUT2D eigenvalue weighted by Crippen LogP contribution is -2.24. The SMILES string of the molecule is COC(=O)CCN(C=O)Cc1ccc(Cl)c(Cl)c1. The molecule has 0 fully saturated rings. The van der Waals surface area contributed by atoms with Crippen molar-refractivity contribution in [3.05, 3.63) is 33.8 Å². The highest BCUT2D eigenvalue weighted by Crippen LogP contribution is 2.23. The summed E-state index contributed by atoms with van der Waals surface area (Å²) in [6.07, 6.45) is 0.849. The van der Waals surface area contributed by atoms with Gasteiger partial charge in [0.15, 0.2) is 0 Å². The Kier molecular flexibility index (Phi) is 5.95. The second-order valence-corrected chi connectivity index (χ2v) is 4.46. The lowest BCUT2D eigenvalue weighted by Gasteiger charge is -2.16. The van der Waals surface area contributed by atoms with Gasteiger partial charge in [-0.25, -0.2) is 0 Å². The summed E-state index contributed by atoms with van der Waals surface area (Å²) in [5.74, 6) is -0.351. The van der Waals surface area contributed by atoms with Gasteiger partial charge in [-0.3, -0.25) is 9.59 Å². The molecule has 0 aliphatic carbocycles. The van der Waals surface area contributed by atoms with Gasteiger partial charge in [-0.2, -0.15) is 0 Å². The lowest BCUT2D eigenvalue weighted by molar-refractivity contribution is -0.141. The third kappa shape index (κ3) is 4.55. The standard InChI is InChI=1S/C12H13Cl2NO3/c1-18-12(17)4-5-15(8-16)7-9-2-3-10(13)11(14)6-9/h2-3,6,8H,4-5,7H2,1H3. The molecule has 0 radical (unpaired) electrons. The molecule has 18 heavy (non-hydrogen) atoms. The highest BCUT2D eigenvalue weighted by Gasteiger charge is 2.08. The van der Waals surface area contributed by atoms with Crippen LogP contribution in [0.4, 0.5) is 0 Å². The molecule has 1 amide bonds. The maximum absolute atomic E-state index is 11.0. The van der Waals surface area contributed by atoms with Crippen LogP contribution in [0.3, 0.4) is 0 Å². The first-order valence-corrected chi connectivity index (χ1v) is 6.02. The van der Waals surface area contributed by atoms with Gasteiger partial charge < -0.3 is 9.64 Å². The van der Waals surface area contributed by atoms with E-state index >= 15 is 0 Å². The van der Waals surface area contributed by atoms with Gasteiger partial charge >= 0.3 is 5.97 Å². The molecule has 0 saturated carbocycles. The first-order chi connectivity index (χ1) is 8.56. The fourth-order valence-corrected chi connectivity index (χ4v) is 1.70. The van der Waals surface area contributed by atoms with Crippen LogP contribution in [0, 0.1) is 0 Å². The Morgan fingerprint density at radius 1 is 1.39 bits per heavy atom. The number of esters is 1. The molecule has 0 saturated heterocycles. The van der Waals surface area contributed by atoms with Crippen molar-refractivity contribution in [3.63, 3.8) is 0 Å². The molecule has 0 bridgehead atoms. The summed E-state index contributed by atoms with van der Waals surface area (Å²) in [6, 6.07) is 5.14. The average molecular weight is 290 g/mol. The monoisotopic (exact) mass is 289 g/mol. The van der Waals surface area contributed by atoms with Gasteiger partial charge in [-0.15, -0.1) is 0 Å². The van der Waals surface area contributed by atoms with Crippen LogP contribution >= 0.6 is 23.2 Å². The molecule has 0 spiro atoms. The van der Waals surface area contributed by atoms with Crippen LogP contribution in [-0.4, -0.2) is 30.9 Å². The third-order valence-electron chi connectivity index (χ3n) is 2.35. The minimum atomic E-state index is -0.351. The number of hydrogen-bond acceptors (Lipinski definition) is 3. The zero-order valence-electron chi connectivity index (χ0n) is 9.86. The molecule has 0 unspecified atom stereocenters. The van der Waals surface area contributed by atoms with Gasteiger partial charge in [0, 0.05) is 13.1 Å². The molecular weight excluding hydrogens is 277 g/mol. The highest BCUT2D eigenvalue weighted by molar-refractivity contribution is 6.42. The van der Waals surface area contributed by atoms with Crippen LogP contribution in [0.15, 0.2) is 18.2 Å². The predicted octanol–water partition coefficient (Wildman–Crippen LogP) is 2.51. The van der Waals surface area contributed by atoms with Crippen LogP contribution in [0.1, 0.15) is 12.0 Å². The number of rotatable bonds is 6. The second-order valence-electron chi connectivity index (χ2n) is 3.65. The number of halogens is 2. The van der Waals surface area contributed by atoms with Crippen LogP contribution in [0.2, 0.25) is 10.0 Å². The summed E-state index contributed by atoms with van der Waals surface area (Å²) in [7, 11) is 1.31. The zero-order valence-corrected chi connectivity index (χ0v) is 11.4. The maximum Gasteiger partial charge on any atom is 0.307 e. The van der Waals surface area contributed by atoms with E-state index in [1.807, 2.05) is 0 Å². The van der Waals surface area contributed by atoms with E-state index in [9.17, 15) is 9.59 Å². The Morgan fingerprint density at radius 3 is 2.67 bits per heavy atom. The number of hydrogen-bond donors (Lipinski definition) is 0. The molecule has 4 nitrogen and oxygen atoms in total. The Bertz CT molecular complexity index is 437.